The Labute approximate surface area is 255 Å². The normalized spacial score (nSPS) is 11.2. The van der Waals surface area contributed by atoms with Crippen LogP contribution in [-0.4, -0.2) is 19.9 Å². The van der Waals surface area contributed by atoms with Gasteiger partial charge in [-0.25, -0.2) is 15.0 Å². The molecule has 0 atom stereocenters. The van der Waals surface area contributed by atoms with Crippen LogP contribution in [-0.2, 0) is 0 Å². The highest BCUT2D eigenvalue weighted by atomic mass is 15.0. The molecule has 0 aliphatic rings. The predicted octanol–water partition coefficient (Wildman–Crippen LogP) is 9.91. The fraction of sp³-hybridized carbons (Fsp3) is 0. The Morgan fingerprint density at radius 2 is 0.932 bits per heavy atom. The molecule has 0 amide bonds. The largest absolute Gasteiger partial charge is 0.256 e. The van der Waals surface area contributed by atoms with Crippen molar-refractivity contribution in [2.45, 2.75) is 0 Å². The lowest BCUT2D eigenvalue weighted by Crippen LogP contribution is -2.01. The maximum atomic E-state index is 5.06. The van der Waals surface area contributed by atoms with Crippen LogP contribution in [0.3, 0.4) is 0 Å². The fourth-order valence-corrected chi connectivity index (χ4v) is 5.85. The van der Waals surface area contributed by atoms with Crippen LogP contribution < -0.4 is 0 Å². The van der Waals surface area contributed by atoms with E-state index in [4.69, 9.17) is 15.0 Å². The molecule has 44 heavy (non-hydrogen) atoms. The zero-order valence-corrected chi connectivity index (χ0v) is 23.8. The minimum Gasteiger partial charge on any atom is -0.256 e. The van der Waals surface area contributed by atoms with Crippen molar-refractivity contribution in [3.63, 3.8) is 0 Å². The van der Waals surface area contributed by atoms with Gasteiger partial charge in [-0.15, -0.1) is 0 Å². The van der Waals surface area contributed by atoms with Crippen molar-refractivity contribution in [2.24, 2.45) is 0 Å². The van der Waals surface area contributed by atoms with Crippen LogP contribution >= 0.6 is 0 Å². The summed E-state index contributed by atoms with van der Waals surface area (Å²) in [5.41, 5.74) is 8.28. The predicted molar refractivity (Wildman–Crippen MR) is 180 cm³/mol. The Morgan fingerprint density at radius 3 is 1.66 bits per heavy atom. The molecule has 4 heteroatoms. The van der Waals surface area contributed by atoms with Crippen molar-refractivity contribution in [3.05, 3.63) is 158 Å². The van der Waals surface area contributed by atoms with Gasteiger partial charge in [-0.2, -0.15) is 0 Å². The van der Waals surface area contributed by atoms with Gasteiger partial charge in [0.25, 0.3) is 0 Å². The molecule has 2 heterocycles. The van der Waals surface area contributed by atoms with Crippen LogP contribution in [0.2, 0.25) is 0 Å². The second-order valence-corrected chi connectivity index (χ2v) is 10.7. The van der Waals surface area contributed by atoms with E-state index in [0.717, 1.165) is 60.6 Å². The highest BCUT2D eigenvalue weighted by molar-refractivity contribution is 6.04. The first-order chi connectivity index (χ1) is 21.8. The molecular weight excluding hydrogens is 536 g/mol. The van der Waals surface area contributed by atoms with Crippen LogP contribution in [0.5, 0.6) is 0 Å². The molecule has 0 N–H and O–H groups in total. The van der Waals surface area contributed by atoms with E-state index in [1.54, 1.807) is 0 Å². The van der Waals surface area contributed by atoms with Crippen LogP contribution in [0, 0.1) is 0 Å². The molecule has 0 fully saturated rings. The number of hydrogen-bond donors (Lipinski definition) is 0. The van der Waals surface area contributed by atoms with Crippen molar-refractivity contribution >= 4 is 21.7 Å². The van der Waals surface area contributed by atoms with Crippen molar-refractivity contribution in [3.8, 4) is 56.4 Å². The summed E-state index contributed by atoms with van der Waals surface area (Å²) in [6, 6.07) is 52.1. The molecule has 8 rings (SSSR count). The van der Waals surface area contributed by atoms with Gasteiger partial charge in [0, 0.05) is 39.4 Å². The van der Waals surface area contributed by atoms with Crippen LogP contribution in [0.1, 0.15) is 0 Å². The molecule has 0 saturated carbocycles. The van der Waals surface area contributed by atoms with Gasteiger partial charge >= 0.3 is 0 Å². The number of benzene rings is 6. The van der Waals surface area contributed by atoms with E-state index in [2.05, 4.69) is 89.9 Å². The summed E-state index contributed by atoms with van der Waals surface area (Å²) in [5.74, 6) is 1.93. The van der Waals surface area contributed by atoms with Gasteiger partial charge in [-0.05, 0) is 34.0 Å². The Balaban J connectivity index is 1.33. The maximum absolute atomic E-state index is 5.06. The number of fused-ring (bicyclic) bond motifs is 2. The maximum Gasteiger partial charge on any atom is 0.164 e. The monoisotopic (exact) mass is 562 g/mol. The standard InChI is InChI=1S/C40H26N4/c1-3-12-31(13-4-1)38-42-39(32-14-5-2-6-15-32)44-40(43-38)35-25-24-27-11-7-8-18-33(27)36(35)29-22-20-28(21-23-29)34-19-9-16-30-17-10-26-41-37(30)34/h1-26H. The third-order valence-electron chi connectivity index (χ3n) is 7.99. The van der Waals surface area contributed by atoms with E-state index in [-0.39, 0.29) is 0 Å². The van der Waals surface area contributed by atoms with E-state index in [0.29, 0.717) is 17.5 Å². The molecule has 2 aromatic heterocycles. The van der Waals surface area contributed by atoms with E-state index in [9.17, 15) is 0 Å². The Morgan fingerprint density at radius 1 is 0.341 bits per heavy atom. The number of aromatic nitrogens is 4. The van der Waals surface area contributed by atoms with Gasteiger partial charge in [-0.3, -0.25) is 4.98 Å². The van der Waals surface area contributed by atoms with Gasteiger partial charge in [0.05, 0.1) is 5.52 Å². The fourth-order valence-electron chi connectivity index (χ4n) is 5.85. The first-order valence-corrected chi connectivity index (χ1v) is 14.7. The molecule has 0 bridgehead atoms. The molecule has 8 aromatic rings. The van der Waals surface area contributed by atoms with Gasteiger partial charge < -0.3 is 0 Å². The zero-order chi connectivity index (χ0) is 29.3. The van der Waals surface area contributed by atoms with Crippen LogP contribution in [0.4, 0.5) is 0 Å². The van der Waals surface area contributed by atoms with Crippen molar-refractivity contribution < 1.29 is 0 Å². The lowest BCUT2D eigenvalue weighted by molar-refractivity contribution is 1.07. The molecule has 6 aromatic carbocycles. The van der Waals surface area contributed by atoms with E-state index < -0.39 is 0 Å². The molecule has 4 nitrogen and oxygen atoms in total. The molecule has 206 valence electrons. The van der Waals surface area contributed by atoms with Crippen LogP contribution in [0.25, 0.3) is 78.1 Å². The highest BCUT2D eigenvalue weighted by Gasteiger charge is 2.18. The summed E-state index contributed by atoms with van der Waals surface area (Å²) < 4.78 is 0. The lowest BCUT2D eigenvalue weighted by atomic mass is 9.91. The number of pyridine rings is 1. The SMILES string of the molecule is c1ccc(-c2nc(-c3ccccc3)nc(-c3ccc4ccccc4c3-c3ccc(-c4cccc5cccnc45)cc3)n2)cc1. The van der Waals surface area contributed by atoms with Crippen molar-refractivity contribution in [1.29, 1.82) is 0 Å². The summed E-state index contributed by atoms with van der Waals surface area (Å²) in [6.07, 6.45) is 1.85. The Hall–Kier alpha value is -6.00. The minimum absolute atomic E-state index is 0.640. The second kappa shape index (κ2) is 11.0. The number of hydrogen-bond acceptors (Lipinski definition) is 4. The summed E-state index contributed by atoms with van der Waals surface area (Å²) in [7, 11) is 0. The lowest BCUT2D eigenvalue weighted by Gasteiger charge is -2.15. The first kappa shape index (κ1) is 25.7. The number of rotatable bonds is 5. The molecule has 0 unspecified atom stereocenters. The van der Waals surface area contributed by atoms with Gasteiger partial charge in [-0.1, -0.05) is 140 Å². The third kappa shape index (κ3) is 4.69. The van der Waals surface area contributed by atoms with Crippen molar-refractivity contribution in [2.75, 3.05) is 0 Å². The topological polar surface area (TPSA) is 51.6 Å². The summed E-state index contributed by atoms with van der Waals surface area (Å²) in [6.45, 7) is 0. The summed E-state index contributed by atoms with van der Waals surface area (Å²) in [4.78, 5) is 19.7. The number of nitrogens with zero attached hydrogens (tertiary/aromatic N) is 4. The van der Waals surface area contributed by atoms with Gasteiger partial charge in [0.2, 0.25) is 0 Å². The smallest absolute Gasteiger partial charge is 0.164 e. The van der Waals surface area contributed by atoms with E-state index >= 15 is 0 Å². The quantitative estimate of drug-likeness (QED) is 0.209. The van der Waals surface area contributed by atoms with Gasteiger partial charge in [0.1, 0.15) is 0 Å². The molecule has 0 aliphatic heterocycles. The average molecular weight is 563 g/mol. The minimum atomic E-state index is 0.640. The first-order valence-electron chi connectivity index (χ1n) is 14.7. The molecule has 0 aliphatic carbocycles. The molecule has 0 radical (unpaired) electrons. The van der Waals surface area contributed by atoms with E-state index in [1.165, 1.54) is 0 Å². The second-order valence-electron chi connectivity index (χ2n) is 10.7. The average Bonchev–Trinajstić information content (AvgIpc) is 3.11. The number of para-hydroxylation sites is 1. The van der Waals surface area contributed by atoms with Crippen LogP contribution in [0.15, 0.2) is 158 Å². The van der Waals surface area contributed by atoms with Crippen molar-refractivity contribution in [1.82, 2.24) is 19.9 Å². The third-order valence-corrected chi connectivity index (χ3v) is 7.99. The molecule has 0 spiro atoms. The van der Waals surface area contributed by atoms with Gasteiger partial charge in [0.15, 0.2) is 17.5 Å². The Bertz CT molecular complexity index is 2200. The summed E-state index contributed by atoms with van der Waals surface area (Å²) >= 11 is 0. The molecular formula is C40H26N4. The zero-order valence-electron chi connectivity index (χ0n) is 23.8. The summed E-state index contributed by atoms with van der Waals surface area (Å²) in [5, 5.41) is 3.44. The molecule has 0 saturated heterocycles. The Kier molecular flexibility index (Phi) is 6.43. The highest BCUT2D eigenvalue weighted by Crippen LogP contribution is 2.39. The van der Waals surface area contributed by atoms with E-state index in [1.807, 2.05) is 72.9 Å².